The van der Waals surface area contributed by atoms with Crippen LogP contribution in [0.5, 0.6) is 0 Å². The van der Waals surface area contributed by atoms with Crippen molar-refractivity contribution in [2.45, 2.75) is 51.7 Å². The number of likely N-dealkylation sites (N-methyl/N-ethyl adjacent to an activating group) is 1. The summed E-state index contributed by atoms with van der Waals surface area (Å²) in [5.74, 6) is 0. The fourth-order valence-electron chi connectivity index (χ4n) is 2.19. The summed E-state index contributed by atoms with van der Waals surface area (Å²) in [6, 6.07) is 5.40. The van der Waals surface area contributed by atoms with E-state index in [4.69, 9.17) is 5.73 Å². The SMILES string of the molecule is CCCC(C)N(C)C(c1cccs1)C(C)N. The minimum absolute atomic E-state index is 0.169. The molecule has 0 aliphatic heterocycles. The predicted molar refractivity (Wildman–Crippen MR) is 72.8 cm³/mol. The molecule has 3 atom stereocenters. The fourth-order valence-corrected chi connectivity index (χ4v) is 3.18. The molecular weight excluding hydrogens is 216 g/mol. The monoisotopic (exact) mass is 240 g/mol. The van der Waals surface area contributed by atoms with E-state index in [1.807, 2.05) is 0 Å². The van der Waals surface area contributed by atoms with Crippen LogP contribution in [0.3, 0.4) is 0 Å². The van der Waals surface area contributed by atoms with Crippen molar-refractivity contribution in [2.75, 3.05) is 7.05 Å². The molecule has 1 aromatic heterocycles. The second-order valence-electron chi connectivity index (χ2n) is 4.62. The van der Waals surface area contributed by atoms with Gasteiger partial charge in [0.15, 0.2) is 0 Å². The summed E-state index contributed by atoms with van der Waals surface area (Å²) < 4.78 is 0. The minimum Gasteiger partial charge on any atom is -0.326 e. The molecule has 0 aliphatic carbocycles. The summed E-state index contributed by atoms with van der Waals surface area (Å²) in [4.78, 5) is 3.79. The maximum atomic E-state index is 6.13. The zero-order valence-electron chi connectivity index (χ0n) is 10.8. The van der Waals surface area contributed by atoms with Gasteiger partial charge in [-0.1, -0.05) is 19.4 Å². The maximum Gasteiger partial charge on any atom is 0.0590 e. The van der Waals surface area contributed by atoms with E-state index in [0.717, 1.165) is 0 Å². The quantitative estimate of drug-likeness (QED) is 0.827. The molecule has 2 nitrogen and oxygen atoms in total. The molecule has 0 aliphatic rings. The van der Waals surface area contributed by atoms with Gasteiger partial charge >= 0.3 is 0 Å². The molecule has 16 heavy (non-hydrogen) atoms. The third kappa shape index (κ3) is 3.30. The second kappa shape index (κ2) is 6.38. The molecule has 0 radical (unpaired) electrons. The Morgan fingerprint density at radius 3 is 2.56 bits per heavy atom. The van der Waals surface area contributed by atoms with Gasteiger partial charge in [-0.3, -0.25) is 4.90 Å². The first kappa shape index (κ1) is 13.7. The number of hydrogen-bond donors (Lipinski definition) is 1. The van der Waals surface area contributed by atoms with E-state index in [1.165, 1.54) is 17.7 Å². The molecule has 0 aromatic carbocycles. The van der Waals surface area contributed by atoms with E-state index in [-0.39, 0.29) is 6.04 Å². The Hall–Kier alpha value is -0.380. The number of hydrogen-bond acceptors (Lipinski definition) is 3. The lowest BCUT2D eigenvalue weighted by Gasteiger charge is -2.35. The molecule has 0 fully saturated rings. The van der Waals surface area contributed by atoms with Gasteiger partial charge in [0.2, 0.25) is 0 Å². The van der Waals surface area contributed by atoms with Crippen LogP contribution in [0.2, 0.25) is 0 Å². The number of thiophene rings is 1. The first-order valence-electron chi connectivity index (χ1n) is 6.08. The van der Waals surface area contributed by atoms with Crippen molar-refractivity contribution in [2.24, 2.45) is 5.73 Å². The normalized spacial score (nSPS) is 17.4. The highest BCUT2D eigenvalue weighted by atomic mass is 32.1. The van der Waals surface area contributed by atoms with E-state index >= 15 is 0 Å². The van der Waals surface area contributed by atoms with Gasteiger partial charge in [-0.05, 0) is 38.8 Å². The van der Waals surface area contributed by atoms with E-state index in [9.17, 15) is 0 Å². The van der Waals surface area contributed by atoms with Crippen LogP contribution < -0.4 is 5.73 Å². The zero-order valence-corrected chi connectivity index (χ0v) is 11.6. The van der Waals surface area contributed by atoms with Crippen LogP contribution in [0.25, 0.3) is 0 Å². The van der Waals surface area contributed by atoms with Crippen LogP contribution >= 0.6 is 11.3 Å². The molecule has 1 aromatic rings. The highest BCUT2D eigenvalue weighted by molar-refractivity contribution is 7.10. The van der Waals surface area contributed by atoms with Crippen LogP contribution in [-0.4, -0.2) is 24.0 Å². The average Bonchev–Trinajstić information content (AvgIpc) is 2.71. The van der Waals surface area contributed by atoms with E-state index in [0.29, 0.717) is 12.1 Å². The molecule has 0 saturated heterocycles. The highest BCUT2D eigenvalue weighted by Crippen LogP contribution is 2.28. The largest absolute Gasteiger partial charge is 0.326 e. The van der Waals surface area contributed by atoms with Crippen LogP contribution in [0, 0.1) is 0 Å². The van der Waals surface area contributed by atoms with Gasteiger partial charge in [-0.15, -0.1) is 11.3 Å². The molecule has 3 heteroatoms. The molecule has 0 spiro atoms. The molecule has 0 bridgehead atoms. The van der Waals surface area contributed by atoms with Crippen molar-refractivity contribution in [3.05, 3.63) is 22.4 Å². The van der Waals surface area contributed by atoms with Gasteiger partial charge in [0.25, 0.3) is 0 Å². The molecular formula is C13H24N2S. The van der Waals surface area contributed by atoms with Crippen LogP contribution in [0.1, 0.15) is 44.5 Å². The smallest absolute Gasteiger partial charge is 0.0590 e. The average molecular weight is 240 g/mol. The van der Waals surface area contributed by atoms with Crippen LogP contribution in [-0.2, 0) is 0 Å². The Morgan fingerprint density at radius 1 is 1.44 bits per heavy atom. The summed E-state index contributed by atoms with van der Waals surface area (Å²) in [5, 5.41) is 2.13. The first-order chi connectivity index (χ1) is 7.57. The molecule has 1 rings (SSSR count). The third-order valence-electron chi connectivity index (χ3n) is 3.17. The van der Waals surface area contributed by atoms with Gasteiger partial charge in [0, 0.05) is 17.0 Å². The minimum atomic E-state index is 0.169. The topological polar surface area (TPSA) is 29.3 Å². The van der Waals surface area contributed by atoms with E-state index in [1.54, 1.807) is 11.3 Å². The molecule has 92 valence electrons. The van der Waals surface area contributed by atoms with Gasteiger partial charge in [-0.2, -0.15) is 0 Å². The predicted octanol–water partition coefficient (Wildman–Crippen LogP) is 3.26. The summed E-state index contributed by atoms with van der Waals surface area (Å²) in [6.07, 6.45) is 2.45. The number of nitrogens with zero attached hydrogens (tertiary/aromatic N) is 1. The molecule has 0 saturated carbocycles. The van der Waals surface area contributed by atoms with Crippen molar-refractivity contribution in [3.63, 3.8) is 0 Å². The third-order valence-corrected chi connectivity index (χ3v) is 4.12. The maximum absolute atomic E-state index is 6.13. The number of rotatable bonds is 6. The number of nitrogens with two attached hydrogens (primary N) is 1. The lowest BCUT2D eigenvalue weighted by molar-refractivity contribution is 0.160. The van der Waals surface area contributed by atoms with Gasteiger partial charge in [-0.25, -0.2) is 0 Å². The lowest BCUT2D eigenvalue weighted by atomic mass is 10.0. The molecule has 3 unspecified atom stereocenters. The van der Waals surface area contributed by atoms with Crippen LogP contribution in [0.4, 0.5) is 0 Å². The Balaban J connectivity index is 2.78. The Labute approximate surface area is 103 Å². The molecule has 0 amide bonds. The van der Waals surface area contributed by atoms with Crippen molar-refractivity contribution in [1.82, 2.24) is 4.90 Å². The summed E-state index contributed by atoms with van der Waals surface area (Å²) >= 11 is 1.80. The van der Waals surface area contributed by atoms with Gasteiger partial charge in [0.05, 0.1) is 6.04 Å². The molecule has 1 heterocycles. The van der Waals surface area contributed by atoms with Gasteiger partial charge in [0.1, 0.15) is 0 Å². The summed E-state index contributed by atoms with van der Waals surface area (Å²) in [5.41, 5.74) is 6.13. The summed E-state index contributed by atoms with van der Waals surface area (Å²) in [6.45, 7) is 6.61. The second-order valence-corrected chi connectivity index (χ2v) is 5.60. The van der Waals surface area contributed by atoms with E-state index in [2.05, 4.69) is 50.2 Å². The fraction of sp³-hybridized carbons (Fsp3) is 0.692. The Morgan fingerprint density at radius 2 is 2.12 bits per heavy atom. The van der Waals surface area contributed by atoms with E-state index < -0.39 is 0 Å². The first-order valence-corrected chi connectivity index (χ1v) is 6.96. The Kier molecular flexibility index (Phi) is 5.46. The van der Waals surface area contributed by atoms with Crippen molar-refractivity contribution < 1.29 is 0 Å². The Bertz CT molecular complexity index is 282. The zero-order chi connectivity index (χ0) is 12.1. The molecule has 2 N–H and O–H groups in total. The standard InChI is InChI=1S/C13H24N2S/c1-5-7-10(2)15(4)13(11(3)14)12-8-6-9-16-12/h6,8-11,13H,5,7,14H2,1-4H3. The van der Waals surface area contributed by atoms with Crippen molar-refractivity contribution in [3.8, 4) is 0 Å². The lowest BCUT2D eigenvalue weighted by Crippen LogP contribution is -2.41. The van der Waals surface area contributed by atoms with Crippen molar-refractivity contribution >= 4 is 11.3 Å². The van der Waals surface area contributed by atoms with Crippen molar-refractivity contribution in [1.29, 1.82) is 0 Å². The van der Waals surface area contributed by atoms with Crippen LogP contribution in [0.15, 0.2) is 17.5 Å². The highest BCUT2D eigenvalue weighted by Gasteiger charge is 2.25. The summed E-state index contributed by atoms with van der Waals surface area (Å²) in [7, 11) is 2.19. The van der Waals surface area contributed by atoms with Gasteiger partial charge < -0.3 is 5.73 Å².